The molecule has 6 nitrogen and oxygen atoms in total. The van der Waals surface area contributed by atoms with Crippen LogP contribution in [0.4, 0.5) is 0 Å². The van der Waals surface area contributed by atoms with Crippen molar-refractivity contribution in [2.24, 2.45) is 0 Å². The van der Waals surface area contributed by atoms with E-state index in [2.05, 4.69) is 38.8 Å². The molecule has 0 radical (unpaired) electrons. The van der Waals surface area contributed by atoms with E-state index in [1.54, 1.807) is 24.3 Å². The van der Waals surface area contributed by atoms with Crippen LogP contribution in [0, 0.1) is 0 Å². The Hall–Kier alpha value is -2.51. The molecule has 1 aliphatic rings. The van der Waals surface area contributed by atoms with E-state index in [4.69, 9.17) is 0 Å². The first-order chi connectivity index (χ1) is 12.6. The van der Waals surface area contributed by atoms with Crippen LogP contribution in [0.1, 0.15) is 27.9 Å². The van der Waals surface area contributed by atoms with Crippen molar-refractivity contribution in [1.29, 1.82) is 0 Å². The number of nitrogens with one attached hydrogen (secondary N) is 2. The molecule has 2 aromatic heterocycles. The molecule has 4 rings (SSSR count). The number of H-pyrrole nitrogens is 1. The normalized spacial score (nSPS) is 15.6. The Morgan fingerprint density at radius 1 is 1.35 bits per heavy atom. The molecule has 3 heterocycles. The summed E-state index contributed by atoms with van der Waals surface area (Å²) in [6.07, 6.45) is 1.07. The third kappa shape index (κ3) is 3.15. The lowest BCUT2D eigenvalue weighted by Crippen LogP contribution is -2.44. The van der Waals surface area contributed by atoms with Gasteiger partial charge in [-0.1, -0.05) is 18.2 Å². The molecule has 7 heteroatoms. The lowest BCUT2D eigenvalue weighted by atomic mass is 10.1. The zero-order valence-electron chi connectivity index (χ0n) is 14.5. The van der Waals surface area contributed by atoms with Gasteiger partial charge >= 0.3 is 0 Å². The minimum atomic E-state index is -0.287. The Balaban J connectivity index is 1.45. The van der Waals surface area contributed by atoms with Crippen molar-refractivity contribution < 1.29 is 4.79 Å². The fraction of sp³-hybridized carbons (Fsp3) is 0.316. The Kier molecular flexibility index (Phi) is 4.57. The largest absolute Gasteiger partial charge is 0.349 e. The second kappa shape index (κ2) is 7.01. The molecule has 0 fully saturated rings. The SMILES string of the molecule is C[C@H](CNC(=O)c1n[nH]c(=O)c2ccccc12)N1CCc2sccc2C1. The van der Waals surface area contributed by atoms with Crippen LogP contribution in [0.2, 0.25) is 0 Å². The second-order valence-corrected chi connectivity index (χ2v) is 7.60. The van der Waals surface area contributed by atoms with E-state index in [0.717, 1.165) is 19.5 Å². The summed E-state index contributed by atoms with van der Waals surface area (Å²) in [4.78, 5) is 28.3. The van der Waals surface area contributed by atoms with E-state index in [1.807, 2.05) is 11.3 Å². The van der Waals surface area contributed by atoms with Gasteiger partial charge in [-0.2, -0.15) is 5.10 Å². The Labute approximate surface area is 154 Å². The zero-order chi connectivity index (χ0) is 18.1. The van der Waals surface area contributed by atoms with Crippen LogP contribution in [0.3, 0.4) is 0 Å². The summed E-state index contributed by atoms with van der Waals surface area (Å²) in [5.74, 6) is -0.266. The van der Waals surface area contributed by atoms with Gasteiger partial charge in [-0.3, -0.25) is 14.5 Å². The molecule has 3 aromatic rings. The fourth-order valence-corrected chi connectivity index (χ4v) is 4.28. The molecule has 1 amide bonds. The number of thiophene rings is 1. The van der Waals surface area contributed by atoms with Gasteiger partial charge in [-0.15, -0.1) is 11.3 Å². The maximum Gasteiger partial charge on any atom is 0.272 e. The van der Waals surface area contributed by atoms with Gasteiger partial charge in [0.25, 0.3) is 11.5 Å². The third-order valence-corrected chi connectivity index (χ3v) is 5.95. The van der Waals surface area contributed by atoms with Gasteiger partial charge in [0.05, 0.1) is 5.39 Å². The molecule has 0 aliphatic carbocycles. The highest BCUT2D eigenvalue weighted by molar-refractivity contribution is 7.10. The van der Waals surface area contributed by atoms with E-state index in [9.17, 15) is 9.59 Å². The Morgan fingerprint density at radius 2 is 2.15 bits per heavy atom. The Morgan fingerprint density at radius 3 is 3.00 bits per heavy atom. The summed E-state index contributed by atoms with van der Waals surface area (Å²) in [6.45, 7) is 4.59. The molecule has 0 bridgehead atoms. The molecule has 0 unspecified atom stereocenters. The maximum absolute atomic E-state index is 12.6. The summed E-state index contributed by atoms with van der Waals surface area (Å²) in [6, 6.07) is 9.43. The van der Waals surface area contributed by atoms with Crippen LogP contribution in [0.5, 0.6) is 0 Å². The molecular formula is C19H20N4O2S. The zero-order valence-corrected chi connectivity index (χ0v) is 15.3. The molecule has 26 heavy (non-hydrogen) atoms. The monoisotopic (exact) mass is 368 g/mol. The second-order valence-electron chi connectivity index (χ2n) is 6.60. The van der Waals surface area contributed by atoms with Crippen LogP contribution in [0.15, 0.2) is 40.5 Å². The van der Waals surface area contributed by atoms with Gasteiger partial charge < -0.3 is 5.32 Å². The number of rotatable bonds is 4. The summed E-state index contributed by atoms with van der Waals surface area (Å²) < 4.78 is 0. The van der Waals surface area contributed by atoms with Crippen molar-refractivity contribution >= 4 is 28.0 Å². The average Bonchev–Trinajstić information content (AvgIpc) is 3.14. The number of amides is 1. The number of fused-ring (bicyclic) bond motifs is 2. The number of benzene rings is 1. The van der Waals surface area contributed by atoms with Crippen molar-refractivity contribution in [1.82, 2.24) is 20.4 Å². The van der Waals surface area contributed by atoms with Crippen molar-refractivity contribution in [3.05, 3.63) is 62.2 Å². The first kappa shape index (κ1) is 16.9. The van der Waals surface area contributed by atoms with E-state index in [-0.39, 0.29) is 23.2 Å². The summed E-state index contributed by atoms with van der Waals surface area (Å²) in [7, 11) is 0. The smallest absolute Gasteiger partial charge is 0.272 e. The first-order valence-electron chi connectivity index (χ1n) is 8.68. The molecule has 0 saturated heterocycles. The highest BCUT2D eigenvalue weighted by Gasteiger charge is 2.22. The molecule has 2 N–H and O–H groups in total. The van der Waals surface area contributed by atoms with Crippen LogP contribution in [-0.2, 0) is 13.0 Å². The van der Waals surface area contributed by atoms with Crippen LogP contribution in [-0.4, -0.2) is 40.1 Å². The fourth-order valence-electron chi connectivity index (χ4n) is 3.39. The highest BCUT2D eigenvalue weighted by Crippen LogP contribution is 2.25. The van der Waals surface area contributed by atoms with Gasteiger partial charge in [0.1, 0.15) is 0 Å². The predicted octanol–water partition coefficient (Wildman–Crippen LogP) is 2.16. The number of nitrogens with zero attached hydrogens (tertiary/aromatic N) is 2. The van der Waals surface area contributed by atoms with Crippen molar-refractivity contribution in [3.63, 3.8) is 0 Å². The molecule has 134 valence electrons. The topological polar surface area (TPSA) is 78.1 Å². The van der Waals surface area contributed by atoms with Gasteiger partial charge in [0.2, 0.25) is 0 Å². The number of aromatic amines is 1. The number of hydrogen-bond acceptors (Lipinski definition) is 5. The quantitative estimate of drug-likeness (QED) is 0.740. The lowest BCUT2D eigenvalue weighted by Gasteiger charge is -2.32. The molecule has 1 atom stereocenters. The van der Waals surface area contributed by atoms with Gasteiger partial charge in [-0.25, -0.2) is 5.10 Å². The van der Waals surface area contributed by atoms with Crippen molar-refractivity contribution in [2.75, 3.05) is 13.1 Å². The van der Waals surface area contributed by atoms with Crippen LogP contribution in [0.25, 0.3) is 10.8 Å². The van der Waals surface area contributed by atoms with E-state index >= 15 is 0 Å². The summed E-state index contributed by atoms with van der Waals surface area (Å²) in [5.41, 5.74) is 1.37. The van der Waals surface area contributed by atoms with Crippen molar-refractivity contribution in [2.45, 2.75) is 25.9 Å². The number of carbonyl (C=O) groups excluding carboxylic acids is 1. The summed E-state index contributed by atoms with van der Waals surface area (Å²) >= 11 is 1.82. The van der Waals surface area contributed by atoms with Crippen LogP contribution < -0.4 is 10.9 Å². The average molecular weight is 368 g/mol. The molecule has 0 spiro atoms. The van der Waals surface area contributed by atoms with E-state index in [1.165, 1.54) is 10.4 Å². The molecule has 0 saturated carbocycles. The standard InChI is InChI=1S/C19H20N4O2S/c1-12(23-8-6-16-13(11-23)7-9-26-16)10-20-19(25)17-14-4-2-3-5-15(14)18(24)22-21-17/h2-5,7,9,12H,6,8,10-11H2,1H3,(H,20,25)(H,22,24)/t12-/m1/s1. The minimum absolute atomic E-state index is 0.223. The highest BCUT2D eigenvalue weighted by atomic mass is 32.1. The third-order valence-electron chi connectivity index (χ3n) is 4.93. The van der Waals surface area contributed by atoms with E-state index in [0.29, 0.717) is 17.3 Å². The predicted molar refractivity (Wildman–Crippen MR) is 103 cm³/mol. The molecule has 1 aliphatic heterocycles. The summed E-state index contributed by atoms with van der Waals surface area (Å²) in [5, 5.41) is 12.5. The molecule has 1 aromatic carbocycles. The van der Waals surface area contributed by atoms with Crippen molar-refractivity contribution in [3.8, 4) is 0 Å². The number of aromatic nitrogens is 2. The number of hydrogen-bond donors (Lipinski definition) is 2. The van der Waals surface area contributed by atoms with Gasteiger partial charge in [0, 0.05) is 35.9 Å². The minimum Gasteiger partial charge on any atom is -0.349 e. The first-order valence-corrected chi connectivity index (χ1v) is 9.56. The van der Waals surface area contributed by atoms with Gasteiger partial charge in [-0.05, 0) is 36.4 Å². The number of carbonyl (C=O) groups is 1. The lowest BCUT2D eigenvalue weighted by molar-refractivity contribution is 0.0928. The maximum atomic E-state index is 12.6. The van der Waals surface area contributed by atoms with Gasteiger partial charge in [0.15, 0.2) is 5.69 Å². The molecular weight excluding hydrogens is 348 g/mol. The Bertz CT molecular complexity index is 1010. The van der Waals surface area contributed by atoms with E-state index < -0.39 is 0 Å². The van der Waals surface area contributed by atoms with Crippen LogP contribution >= 0.6 is 11.3 Å².